The van der Waals surface area contributed by atoms with E-state index in [1.165, 1.54) is 4.88 Å². The smallest absolute Gasteiger partial charge is 0.317 e. The van der Waals surface area contributed by atoms with E-state index in [0.29, 0.717) is 31.3 Å². The van der Waals surface area contributed by atoms with Crippen molar-refractivity contribution in [1.29, 1.82) is 0 Å². The summed E-state index contributed by atoms with van der Waals surface area (Å²) in [4.78, 5) is 30.9. The Hall–Kier alpha value is -2.25. The van der Waals surface area contributed by atoms with Gasteiger partial charge in [0.1, 0.15) is 18.9 Å². The summed E-state index contributed by atoms with van der Waals surface area (Å²) in [5.74, 6) is 0.939. The summed E-state index contributed by atoms with van der Waals surface area (Å²) in [7, 11) is 0. The average Bonchev–Trinajstić information content (AvgIpc) is 3.26. The van der Waals surface area contributed by atoms with Gasteiger partial charge in [-0.25, -0.2) is 4.79 Å². The van der Waals surface area contributed by atoms with E-state index in [9.17, 15) is 9.59 Å². The first-order chi connectivity index (χ1) is 15.8. The lowest BCUT2D eigenvalue weighted by Crippen LogP contribution is -2.50. The fourth-order valence-corrected chi connectivity index (χ4v) is 5.06. The summed E-state index contributed by atoms with van der Waals surface area (Å²) in [5, 5.41) is 5.68. The van der Waals surface area contributed by atoms with Gasteiger partial charge in [0.05, 0.1) is 6.04 Å². The number of hydrogen-bond acceptors (Lipinski definition) is 4. The molecular formula is C25H34ClN3O3S. The number of fused-ring (bicyclic) bond motifs is 1. The van der Waals surface area contributed by atoms with E-state index in [2.05, 4.69) is 16.8 Å². The number of halogens is 1. The van der Waals surface area contributed by atoms with Crippen LogP contribution in [0.4, 0.5) is 4.79 Å². The summed E-state index contributed by atoms with van der Waals surface area (Å²) in [6.45, 7) is 10.2. The second-order valence-corrected chi connectivity index (χ2v) is 10.3. The molecule has 1 N–H and O–H groups in total. The van der Waals surface area contributed by atoms with Crippen LogP contribution in [-0.2, 0) is 11.2 Å². The normalized spacial score (nSPS) is 15.3. The van der Waals surface area contributed by atoms with Crippen molar-refractivity contribution >= 4 is 34.9 Å². The average molecular weight is 492 g/mol. The molecule has 2 aromatic rings. The Kier molecular flexibility index (Phi) is 9.03. The minimum Gasteiger partial charge on any atom is -0.491 e. The molecule has 1 unspecified atom stereocenters. The van der Waals surface area contributed by atoms with Crippen LogP contribution in [0.1, 0.15) is 49.2 Å². The number of thiophene rings is 1. The number of benzene rings is 1. The molecule has 1 aromatic carbocycles. The monoisotopic (exact) mass is 491 g/mol. The van der Waals surface area contributed by atoms with Gasteiger partial charge in [-0.05, 0) is 66.5 Å². The first-order valence-electron chi connectivity index (χ1n) is 11.6. The van der Waals surface area contributed by atoms with Gasteiger partial charge in [0.25, 0.3) is 0 Å². The third-order valence-electron chi connectivity index (χ3n) is 5.68. The summed E-state index contributed by atoms with van der Waals surface area (Å²) < 4.78 is 6.12. The van der Waals surface area contributed by atoms with Crippen molar-refractivity contribution in [2.24, 2.45) is 5.92 Å². The second kappa shape index (κ2) is 11.7. The van der Waals surface area contributed by atoms with Crippen LogP contribution in [0.2, 0.25) is 5.02 Å². The number of rotatable bonds is 9. The fraction of sp³-hybridized carbons (Fsp3) is 0.520. The Morgan fingerprint density at radius 3 is 2.82 bits per heavy atom. The van der Waals surface area contributed by atoms with Gasteiger partial charge in [0.15, 0.2) is 0 Å². The molecular weight excluding hydrogens is 458 g/mol. The molecule has 8 heteroatoms. The number of amides is 3. The lowest BCUT2D eigenvalue weighted by Gasteiger charge is -2.37. The first-order valence-corrected chi connectivity index (χ1v) is 12.8. The van der Waals surface area contributed by atoms with Gasteiger partial charge in [0, 0.05) is 29.5 Å². The lowest BCUT2D eigenvalue weighted by atomic mass is 10.0. The number of aryl methyl sites for hydroxylation is 1. The zero-order valence-corrected chi connectivity index (χ0v) is 21.5. The molecule has 0 fully saturated rings. The van der Waals surface area contributed by atoms with Crippen LogP contribution in [-0.4, -0.2) is 54.5 Å². The molecule has 1 aliphatic heterocycles. The number of urea groups is 1. The van der Waals surface area contributed by atoms with Crippen LogP contribution in [0.25, 0.3) is 0 Å². The highest BCUT2D eigenvalue weighted by atomic mass is 35.5. The zero-order chi connectivity index (χ0) is 24.0. The molecule has 1 aromatic heterocycles. The van der Waals surface area contributed by atoms with Crippen molar-refractivity contribution in [3.8, 4) is 5.75 Å². The standard InChI is InChI=1S/C25H34ClN3O3S/c1-5-10-27-25(31)28(14-17(2)3)15-24(30)29-11-8-23-20(9-12-33-23)22(29)16-32-19-6-7-21(26)18(4)13-19/h6-7,9,12-13,17,22H,5,8,10-11,14-16H2,1-4H3,(H,27,31). The minimum atomic E-state index is -0.192. The molecule has 33 heavy (non-hydrogen) atoms. The number of ether oxygens (including phenoxy) is 1. The van der Waals surface area contributed by atoms with E-state index < -0.39 is 0 Å². The van der Waals surface area contributed by atoms with Crippen molar-refractivity contribution in [2.75, 3.05) is 32.8 Å². The minimum absolute atomic E-state index is 0.0555. The van der Waals surface area contributed by atoms with Gasteiger partial charge in [0.2, 0.25) is 5.91 Å². The molecule has 180 valence electrons. The molecule has 3 rings (SSSR count). The van der Waals surface area contributed by atoms with Gasteiger partial charge in [-0.1, -0.05) is 32.4 Å². The van der Waals surface area contributed by atoms with E-state index in [4.69, 9.17) is 16.3 Å². The van der Waals surface area contributed by atoms with Crippen LogP contribution in [0, 0.1) is 12.8 Å². The van der Waals surface area contributed by atoms with Crippen LogP contribution in [0.5, 0.6) is 5.75 Å². The molecule has 6 nitrogen and oxygen atoms in total. The van der Waals surface area contributed by atoms with Crippen LogP contribution in [0.3, 0.4) is 0 Å². The van der Waals surface area contributed by atoms with Gasteiger partial charge in [-0.3, -0.25) is 4.79 Å². The fourth-order valence-electron chi connectivity index (χ4n) is 4.01. The van der Waals surface area contributed by atoms with Gasteiger partial charge in [-0.2, -0.15) is 0 Å². The molecule has 0 saturated heterocycles. The van der Waals surface area contributed by atoms with E-state index >= 15 is 0 Å². The number of hydrogen-bond donors (Lipinski definition) is 1. The zero-order valence-electron chi connectivity index (χ0n) is 19.9. The third kappa shape index (κ3) is 6.64. The Morgan fingerprint density at radius 2 is 2.12 bits per heavy atom. The van der Waals surface area contributed by atoms with Crippen LogP contribution >= 0.6 is 22.9 Å². The van der Waals surface area contributed by atoms with Gasteiger partial charge in [-0.15, -0.1) is 11.3 Å². The van der Waals surface area contributed by atoms with Crippen LogP contribution in [0.15, 0.2) is 29.6 Å². The molecule has 3 amide bonds. The number of carbonyl (C=O) groups excluding carboxylic acids is 2. The molecule has 0 aliphatic carbocycles. The highest BCUT2D eigenvalue weighted by Gasteiger charge is 2.33. The first kappa shape index (κ1) is 25.4. The molecule has 1 atom stereocenters. The number of nitrogens with one attached hydrogen (secondary N) is 1. The molecule has 0 bridgehead atoms. The van der Waals surface area contributed by atoms with Crippen molar-refractivity contribution in [3.05, 3.63) is 50.7 Å². The highest BCUT2D eigenvalue weighted by Crippen LogP contribution is 2.34. The summed E-state index contributed by atoms with van der Waals surface area (Å²) >= 11 is 7.86. The van der Waals surface area contributed by atoms with E-state index in [1.807, 2.05) is 50.8 Å². The predicted molar refractivity (Wildman–Crippen MR) is 134 cm³/mol. The topological polar surface area (TPSA) is 61.9 Å². The SMILES string of the molecule is CCCNC(=O)N(CC(=O)N1CCc2sccc2C1COc1ccc(Cl)c(C)c1)CC(C)C. The van der Waals surface area contributed by atoms with Crippen molar-refractivity contribution in [3.63, 3.8) is 0 Å². The summed E-state index contributed by atoms with van der Waals surface area (Å²) in [5.41, 5.74) is 2.08. The Balaban J connectivity index is 1.76. The largest absolute Gasteiger partial charge is 0.491 e. The molecule has 2 heterocycles. The maximum Gasteiger partial charge on any atom is 0.317 e. The maximum absolute atomic E-state index is 13.5. The lowest BCUT2D eigenvalue weighted by molar-refractivity contribution is -0.135. The summed E-state index contributed by atoms with van der Waals surface area (Å²) in [6, 6.07) is 7.29. The second-order valence-electron chi connectivity index (χ2n) is 8.88. The third-order valence-corrected chi connectivity index (χ3v) is 7.10. The van der Waals surface area contributed by atoms with Crippen molar-refractivity contribution < 1.29 is 14.3 Å². The summed E-state index contributed by atoms with van der Waals surface area (Å²) in [6.07, 6.45) is 1.67. The van der Waals surface area contributed by atoms with E-state index in [1.54, 1.807) is 16.2 Å². The number of nitrogens with zero attached hydrogens (tertiary/aromatic N) is 2. The Morgan fingerprint density at radius 1 is 1.33 bits per heavy atom. The van der Waals surface area contributed by atoms with E-state index in [-0.39, 0.29) is 30.4 Å². The predicted octanol–water partition coefficient (Wildman–Crippen LogP) is 5.29. The van der Waals surface area contributed by atoms with E-state index in [0.717, 1.165) is 29.7 Å². The maximum atomic E-state index is 13.5. The molecule has 0 saturated carbocycles. The molecule has 0 spiro atoms. The highest BCUT2D eigenvalue weighted by molar-refractivity contribution is 7.10. The molecule has 0 radical (unpaired) electrons. The van der Waals surface area contributed by atoms with Crippen molar-refractivity contribution in [2.45, 2.75) is 46.6 Å². The van der Waals surface area contributed by atoms with Gasteiger partial charge >= 0.3 is 6.03 Å². The quantitative estimate of drug-likeness (QED) is 0.518. The van der Waals surface area contributed by atoms with Crippen LogP contribution < -0.4 is 10.1 Å². The molecule has 1 aliphatic rings. The number of carbonyl (C=O) groups is 2. The Bertz CT molecular complexity index is 962. The Labute approximate surface area is 205 Å². The van der Waals surface area contributed by atoms with Gasteiger partial charge < -0.3 is 19.9 Å². The van der Waals surface area contributed by atoms with Crippen molar-refractivity contribution in [1.82, 2.24) is 15.1 Å².